The van der Waals surface area contributed by atoms with E-state index >= 15 is 0 Å². The van der Waals surface area contributed by atoms with Crippen molar-refractivity contribution in [2.75, 3.05) is 6.61 Å². The molecule has 0 unspecified atom stereocenters. The van der Waals surface area contributed by atoms with Gasteiger partial charge in [0, 0.05) is 24.8 Å². The zero-order valence-electron chi connectivity index (χ0n) is 16.3. The number of rotatable bonds is 7. The molecule has 0 N–H and O–H groups in total. The van der Waals surface area contributed by atoms with E-state index in [-0.39, 0.29) is 17.5 Å². The lowest BCUT2D eigenvalue weighted by Crippen LogP contribution is -2.37. The van der Waals surface area contributed by atoms with Crippen LogP contribution in [0.3, 0.4) is 0 Å². The maximum Gasteiger partial charge on any atom is 0.338 e. The molecule has 0 aromatic heterocycles. The number of hydrogen-bond donors (Lipinski definition) is 0. The molecule has 148 valence electrons. The summed E-state index contributed by atoms with van der Waals surface area (Å²) >= 11 is 0. The van der Waals surface area contributed by atoms with Crippen LogP contribution in [0.1, 0.15) is 24.2 Å². The molecular weight excluding hydrogens is 386 g/mol. The number of carbonyl (C=O) groups is 1. The van der Waals surface area contributed by atoms with E-state index in [1.165, 1.54) is 13.8 Å². The van der Waals surface area contributed by atoms with Crippen LogP contribution in [0.5, 0.6) is 0 Å². The van der Waals surface area contributed by atoms with Gasteiger partial charge >= 0.3 is 5.97 Å². The lowest BCUT2D eigenvalue weighted by Gasteiger charge is -2.15. The number of benzene rings is 3. The predicted molar refractivity (Wildman–Crippen MR) is 113 cm³/mol. The van der Waals surface area contributed by atoms with Crippen LogP contribution in [-0.4, -0.2) is 23.0 Å². The molecule has 0 radical (unpaired) electrons. The van der Waals surface area contributed by atoms with Crippen LogP contribution in [0.4, 0.5) is 0 Å². The number of esters is 1. The Labute approximate surface area is 172 Å². The van der Waals surface area contributed by atoms with Crippen molar-refractivity contribution < 1.29 is 14.5 Å². The van der Waals surface area contributed by atoms with Gasteiger partial charge in [0.25, 0.3) is 0 Å². The summed E-state index contributed by atoms with van der Waals surface area (Å²) in [5, 5.41) is 11.0. The molecule has 29 heavy (non-hydrogen) atoms. The quantitative estimate of drug-likeness (QED) is 0.239. The molecule has 0 aliphatic carbocycles. The van der Waals surface area contributed by atoms with Crippen LogP contribution in [0.2, 0.25) is 0 Å². The number of nitrogens with zero attached hydrogens (tertiary/aromatic N) is 1. The van der Waals surface area contributed by atoms with Crippen LogP contribution in [0, 0.1) is 10.1 Å². The van der Waals surface area contributed by atoms with Crippen molar-refractivity contribution in [3.05, 3.63) is 101 Å². The number of hydrogen-bond acceptors (Lipinski definition) is 4. The summed E-state index contributed by atoms with van der Waals surface area (Å²) in [7, 11) is -0.386. The van der Waals surface area contributed by atoms with Gasteiger partial charge in [-0.25, -0.2) is 4.79 Å². The second-order valence-corrected chi connectivity index (χ2v) is 9.13. The van der Waals surface area contributed by atoms with Crippen molar-refractivity contribution in [2.24, 2.45) is 0 Å². The molecule has 0 bridgehead atoms. The summed E-state index contributed by atoms with van der Waals surface area (Å²) in [4.78, 5) is 26.4. The van der Waals surface area contributed by atoms with Crippen LogP contribution in [0.15, 0.2) is 99.6 Å². The zero-order chi connectivity index (χ0) is 20.9. The van der Waals surface area contributed by atoms with E-state index in [4.69, 9.17) is 4.74 Å². The standard InChI is InChI=1S/C23H22NO4S/c1-23(2,24(26)27)17-28-22(25)18-10-9-15-21(16-18)29(19-11-5-3-6-12-19)20-13-7-4-8-14-20/h3-16H,17H2,1-2H3/q+1. The molecule has 3 aromatic carbocycles. The highest BCUT2D eigenvalue weighted by Crippen LogP contribution is 2.31. The second-order valence-electron chi connectivity index (χ2n) is 7.11. The molecule has 0 amide bonds. The summed E-state index contributed by atoms with van der Waals surface area (Å²) in [6.45, 7) is 2.57. The van der Waals surface area contributed by atoms with Gasteiger partial charge in [0.1, 0.15) is 0 Å². The zero-order valence-corrected chi connectivity index (χ0v) is 17.1. The molecule has 3 rings (SSSR count). The highest BCUT2D eigenvalue weighted by molar-refractivity contribution is 7.97. The Kier molecular flexibility index (Phi) is 6.34. The van der Waals surface area contributed by atoms with E-state index in [9.17, 15) is 14.9 Å². The van der Waals surface area contributed by atoms with Gasteiger partial charge in [-0.1, -0.05) is 42.5 Å². The molecule has 0 aliphatic heterocycles. The summed E-state index contributed by atoms with van der Waals surface area (Å²) in [6.07, 6.45) is 0. The third-order valence-corrected chi connectivity index (χ3v) is 6.53. The fraction of sp³-hybridized carbons (Fsp3) is 0.174. The van der Waals surface area contributed by atoms with E-state index in [1.54, 1.807) is 6.07 Å². The lowest BCUT2D eigenvalue weighted by molar-refractivity contribution is -0.563. The Bertz CT molecular complexity index is 951. The van der Waals surface area contributed by atoms with Crippen LogP contribution < -0.4 is 0 Å². The first-order valence-corrected chi connectivity index (χ1v) is 10.4. The molecule has 0 fully saturated rings. The minimum absolute atomic E-state index is 0.286. The average molecular weight is 408 g/mol. The summed E-state index contributed by atoms with van der Waals surface area (Å²) in [5.74, 6) is -0.563. The molecule has 0 saturated carbocycles. The van der Waals surface area contributed by atoms with E-state index in [0.29, 0.717) is 5.56 Å². The Balaban J connectivity index is 1.91. The SMILES string of the molecule is CC(C)(COC(=O)c1cccc([S+](c2ccccc2)c2ccccc2)c1)[N+](=O)[O-]. The van der Waals surface area contributed by atoms with Crippen LogP contribution in [0.25, 0.3) is 0 Å². The van der Waals surface area contributed by atoms with Crippen LogP contribution in [-0.2, 0) is 15.6 Å². The van der Waals surface area contributed by atoms with Crippen molar-refractivity contribution in [3.63, 3.8) is 0 Å². The van der Waals surface area contributed by atoms with Gasteiger partial charge in [-0.05, 0) is 36.4 Å². The maximum absolute atomic E-state index is 12.5. The Hall–Kier alpha value is -3.12. The number of nitro groups is 1. The first kappa shape index (κ1) is 20.6. The van der Waals surface area contributed by atoms with Gasteiger partial charge in [0.15, 0.2) is 21.3 Å². The Morgan fingerprint density at radius 1 is 0.897 bits per heavy atom. The maximum atomic E-state index is 12.5. The minimum Gasteiger partial charge on any atom is -0.454 e. The first-order chi connectivity index (χ1) is 13.9. The lowest BCUT2D eigenvalue weighted by atomic mass is 10.1. The number of ether oxygens (including phenoxy) is 1. The van der Waals surface area contributed by atoms with Crippen molar-refractivity contribution in [2.45, 2.75) is 34.1 Å². The summed E-state index contributed by atoms with van der Waals surface area (Å²) < 4.78 is 5.22. The van der Waals surface area contributed by atoms with Crippen molar-refractivity contribution >= 4 is 16.9 Å². The molecule has 0 spiro atoms. The fourth-order valence-corrected chi connectivity index (χ4v) is 4.78. The third kappa shape index (κ3) is 5.03. The van der Waals surface area contributed by atoms with Gasteiger partial charge in [0.05, 0.1) is 16.5 Å². The highest BCUT2D eigenvalue weighted by Gasteiger charge is 2.33. The van der Waals surface area contributed by atoms with Gasteiger partial charge in [-0.15, -0.1) is 0 Å². The second kappa shape index (κ2) is 8.92. The first-order valence-electron chi connectivity index (χ1n) is 9.14. The van der Waals surface area contributed by atoms with Crippen molar-refractivity contribution in [3.8, 4) is 0 Å². The van der Waals surface area contributed by atoms with Crippen LogP contribution >= 0.6 is 0 Å². The Morgan fingerprint density at radius 2 is 1.41 bits per heavy atom. The molecule has 3 aromatic rings. The van der Waals surface area contributed by atoms with E-state index in [0.717, 1.165) is 14.7 Å². The average Bonchev–Trinajstić information content (AvgIpc) is 2.74. The van der Waals surface area contributed by atoms with Gasteiger partial charge in [-0.3, -0.25) is 10.1 Å². The summed E-state index contributed by atoms with van der Waals surface area (Å²) in [6, 6.07) is 27.5. The van der Waals surface area contributed by atoms with Crippen molar-refractivity contribution in [1.29, 1.82) is 0 Å². The Morgan fingerprint density at radius 3 is 1.93 bits per heavy atom. The van der Waals surface area contributed by atoms with Crippen molar-refractivity contribution in [1.82, 2.24) is 0 Å². The number of carbonyl (C=O) groups excluding carboxylic acids is 1. The smallest absolute Gasteiger partial charge is 0.338 e. The predicted octanol–water partition coefficient (Wildman–Crippen LogP) is 4.99. The monoisotopic (exact) mass is 408 g/mol. The van der Waals surface area contributed by atoms with Gasteiger partial charge in [-0.2, -0.15) is 0 Å². The van der Waals surface area contributed by atoms with Gasteiger partial charge < -0.3 is 4.74 Å². The highest BCUT2D eigenvalue weighted by atomic mass is 32.2. The topological polar surface area (TPSA) is 69.4 Å². The molecule has 0 aliphatic rings. The van der Waals surface area contributed by atoms with Gasteiger partial charge in [0.2, 0.25) is 5.54 Å². The minimum atomic E-state index is -1.33. The van der Waals surface area contributed by atoms with E-state index < -0.39 is 16.4 Å². The molecule has 0 heterocycles. The molecule has 6 heteroatoms. The molecule has 0 atom stereocenters. The molecule has 5 nitrogen and oxygen atoms in total. The largest absolute Gasteiger partial charge is 0.454 e. The van der Waals surface area contributed by atoms with E-state index in [1.807, 2.05) is 54.6 Å². The molecule has 0 saturated heterocycles. The third-order valence-electron chi connectivity index (χ3n) is 4.31. The normalized spacial score (nSPS) is 11.3. The molecular formula is C23H22NO4S+. The summed E-state index contributed by atoms with van der Waals surface area (Å²) in [5.41, 5.74) is -0.947. The fourth-order valence-electron chi connectivity index (χ4n) is 2.65. The van der Waals surface area contributed by atoms with E-state index in [2.05, 4.69) is 24.3 Å².